The van der Waals surface area contributed by atoms with Crippen LogP contribution in [0.3, 0.4) is 0 Å². The standard InChI is InChI=1S/C12H16FN3O2/c1-8-5-9(7-10(13)6-8)12(17)15-4-2-3-11(14)16-18/h5-7,18H,2-4H2,1H3,(H2,14,16)(H,15,17). The molecule has 1 rings (SSSR count). The molecular formula is C12H16FN3O2. The molecule has 0 aromatic heterocycles. The lowest BCUT2D eigenvalue weighted by atomic mass is 10.1. The molecule has 0 saturated carbocycles. The van der Waals surface area contributed by atoms with Crippen molar-refractivity contribution in [2.24, 2.45) is 10.9 Å². The van der Waals surface area contributed by atoms with E-state index in [4.69, 9.17) is 10.9 Å². The minimum atomic E-state index is -0.434. The number of nitrogens with one attached hydrogen (secondary N) is 1. The second-order valence-electron chi connectivity index (χ2n) is 3.97. The number of halogens is 1. The molecule has 1 aromatic rings. The number of nitrogens with zero attached hydrogens (tertiary/aromatic N) is 1. The minimum Gasteiger partial charge on any atom is -0.409 e. The summed E-state index contributed by atoms with van der Waals surface area (Å²) in [5, 5.41) is 13.8. The Labute approximate surface area is 104 Å². The zero-order chi connectivity index (χ0) is 13.5. The summed E-state index contributed by atoms with van der Waals surface area (Å²) < 4.78 is 13.1. The van der Waals surface area contributed by atoms with Crippen LogP contribution in [0.25, 0.3) is 0 Å². The van der Waals surface area contributed by atoms with Crippen molar-refractivity contribution in [3.05, 3.63) is 35.1 Å². The molecule has 4 N–H and O–H groups in total. The molecule has 6 heteroatoms. The highest BCUT2D eigenvalue weighted by molar-refractivity contribution is 5.94. The molecule has 0 unspecified atom stereocenters. The summed E-state index contributed by atoms with van der Waals surface area (Å²) in [5.74, 6) is -0.653. The fraction of sp³-hybridized carbons (Fsp3) is 0.333. The summed E-state index contributed by atoms with van der Waals surface area (Å²) in [5.41, 5.74) is 6.26. The van der Waals surface area contributed by atoms with Crippen LogP contribution in [0.1, 0.15) is 28.8 Å². The zero-order valence-electron chi connectivity index (χ0n) is 10.1. The first kappa shape index (κ1) is 14.0. The first-order valence-electron chi connectivity index (χ1n) is 5.54. The third-order valence-corrected chi connectivity index (χ3v) is 2.33. The van der Waals surface area contributed by atoms with Crippen molar-refractivity contribution in [2.75, 3.05) is 6.54 Å². The van der Waals surface area contributed by atoms with Gasteiger partial charge in [-0.25, -0.2) is 4.39 Å². The number of amidine groups is 1. The van der Waals surface area contributed by atoms with Crippen molar-refractivity contribution in [1.82, 2.24) is 5.32 Å². The first-order chi connectivity index (χ1) is 8.52. The lowest BCUT2D eigenvalue weighted by Gasteiger charge is -2.06. The highest BCUT2D eigenvalue weighted by Gasteiger charge is 2.07. The van der Waals surface area contributed by atoms with E-state index in [0.717, 1.165) is 0 Å². The predicted octanol–water partition coefficient (Wildman–Crippen LogP) is 1.39. The molecule has 1 amide bonds. The average molecular weight is 253 g/mol. The molecule has 0 fully saturated rings. The van der Waals surface area contributed by atoms with Crippen molar-refractivity contribution in [3.63, 3.8) is 0 Å². The monoisotopic (exact) mass is 253 g/mol. The van der Waals surface area contributed by atoms with E-state index >= 15 is 0 Å². The number of amides is 1. The van der Waals surface area contributed by atoms with E-state index in [0.29, 0.717) is 24.9 Å². The molecule has 0 aliphatic rings. The third kappa shape index (κ3) is 4.40. The number of hydrogen-bond donors (Lipinski definition) is 3. The van der Waals surface area contributed by atoms with Crippen LogP contribution in [0.5, 0.6) is 0 Å². The van der Waals surface area contributed by atoms with Gasteiger partial charge < -0.3 is 16.3 Å². The Kier molecular flexibility index (Phi) is 5.10. The zero-order valence-corrected chi connectivity index (χ0v) is 10.1. The maximum atomic E-state index is 13.1. The highest BCUT2D eigenvalue weighted by Crippen LogP contribution is 2.08. The van der Waals surface area contributed by atoms with Crippen LogP contribution in [0.15, 0.2) is 23.4 Å². The lowest BCUT2D eigenvalue weighted by Crippen LogP contribution is -2.25. The SMILES string of the molecule is Cc1cc(F)cc(C(=O)NCCC/C(N)=N/O)c1. The maximum Gasteiger partial charge on any atom is 0.251 e. The summed E-state index contributed by atoms with van der Waals surface area (Å²) >= 11 is 0. The van der Waals surface area contributed by atoms with Gasteiger partial charge >= 0.3 is 0 Å². The molecule has 18 heavy (non-hydrogen) atoms. The summed E-state index contributed by atoms with van der Waals surface area (Å²) in [6, 6.07) is 4.16. The van der Waals surface area contributed by atoms with Gasteiger partial charge in [0.2, 0.25) is 0 Å². The number of benzene rings is 1. The minimum absolute atomic E-state index is 0.117. The van der Waals surface area contributed by atoms with Gasteiger partial charge in [0.25, 0.3) is 5.91 Å². The lowest BCUT2D eigenvalue weighted by molar-refractivity contribution is 0.0953. The van der Waals surface area contributed by atoms with Gasteiger partial charge in [-0.05, 0) is 37.1 Å². The van der Waals surface area contributed by atoms with Gasteiger partial charge in [-0.3, -0.25) is 4.79 Å². The molecule has 0 radical (unpaired) electrons. The Hall–Kier alpha value is -2.11. The van der Waals surface area contributed by atoms with Gasteiger partial charge in [0.05, 0.1) is 0 Å². The number of oxime groups is 1. The Bertz CT molecular complexity index is 440. The number of carbonyl (C=O) groups is 1. The molecule has 0 aliphatic carbocycles. The van der Waals surface area contributed by atoms with Gasteiger partial charge in [-0.1, -0.05) is 5.16 Å². The fourth-order valence-electron chi connectivity index (χ4n) is 1.49. The van der Waals surface area contributed by atoms with Crippen LogP contribution in [-0.4, -0.2) is 23.5 Å². The number of aryl methyl sites for hydroxylation is 1. The molecule has 5 nitrogen and oxygen atoms in total. The van der Waals surface area contributed by atoms with E-state index in [-0.39, 0.29) is 17.3 Å². The van der Waals surface area contributed by atoms with E-state index in [1.165, 1.54) is 12.1 Å². The highest BCUT2D eigenvalue weighted by atomic mass is 19.1. The van der Waals surface area contributed by atoms with Gasteiger partial charge in [-0.2, -0.15) is 0 Å². The molecule has 0 spiro atoms. The molecule has 98 valence electrons. The van der Waals surface area contributed by atoms with E-state index < -0.39 is 5.82 Å². The van der Waals surface area contributed by atoms with Crippen molar-refractivity contribution in [3.8, 4) is 0 Å². The van der Waals surface area contributed by atoms with Crippen molar-refractivity contribution >= 4 is 11.7 Å². The van der Waals surface area contributed by atoms with Crippen LogP contribution in [-0.2, 0) is 0 Å². The van der Waals surface area contributed by atoms with Gasteiger partial charge in [-0.15, -0.1) is 0 Å². The second kappa shape index (κ2) is 6.58. The van der Waals surface area contributed by atoms with Gasteiger partial charge in [0.1, 0.15) is 11.7 Å². The summed E-state index contributed by atoms with van der Waals surface area (Å²) in [4.78, 5) is 11.7. The van der Waals surface area contributed by atoms with Crippen LogP contribution < -0.4 is 11.1 Å². The number of nitrogens with two attached hydrogens (primary N) is 1. The van der Waals surface area contributed by atoms with Crippen molar-refractivity contribution in [1.29, 1.82) is 0 Å². The van der Waals surface area contributed by atoms with Crippen LogP contribution in [0, 0.1) is 12.7 Å². The van der Waals surface area contributed by atoms with Gasteiger partial charge in [0, 0.05) is 18.5 Å². The summed E-state index contributed by atoms with van der Waals surface area (Å²) in [6.45, 7) is 2.10. The summed E-state index contributed by atoms with van der Waals surface area (Å²) in [7, 11) is 0. The van der Waals surface area contributed by atoms with E-state index in [1.54, 1.807) is 13.0 Å². The van der Waals surface area contributed by atoms with E-state index in [2.05, 4.69) is 10.5 Å². The smallest absolute Gasteiger partial charge is 0.251 e. The second-order valence-corrected chi connectivity index (χ2v) is 3.97. The topological polar surface area (TPSA) is 87.7 Å². The molecule has 1 aromatic carbocycles. The van der Waals surface area contributed by atoms with Crippen LogP contribution in [0.2, 0.25) is 0 Å². The predicted molar refractivity (Wildman–Crippen MR) is 66.1 cm³/mol. The van der Waals surface area contributed by atoms with Crippen molar-refractivity contribution < 1.29 is 14.4 Å². The molecule has 0 saturated heterocycles. The third-order valence-electron chi connectivity index (χ3n) is 2.33. The normalized spacial score (nSPS) is 11.3. The van der Waals surface area contributed by atoms with Crippen LogP contribution >= 0.6 is 0 Å². The van der Waals surface area contributed by atoms with E-state index in [9.17, 15) is 9.18 Å². The molecular weight excluding hydrogens is 237 g/mol. The van der Waals surface area contributed by atoms with E-state index in [1.807, 2.05) is 0 Å². The maximum absolute atomic E-state index is 13.1. The number of hydrogen-bond acceptors (Lipinski definition) is 3. The molecule has 0 atom stereocenters. The average Bonchev–Trinajstić information content (AvgIpc) is 2.32. The Morgan fingerprint density at radius 1 is 1.50 bits per heavy atom. The number of rotatable bonds is 5. The van der Waals surface area contributed by atoms with Crippen LogP contribution in [0.4, 0.5) is 4.39 Å². The number of carbonyl (C=O) groups excluding carboxylic acids is 1. The Balaban J connectivity index is 2.46. The fourth-order valence-corrected chi connectivity index (χ4v) is 1.49. The molecule has 0 bridgehead atoms. The first-order valence-corrected chi connectivity index (χ1v) is 5.54. The molecule has 0 aliphatic heterocycles. The van der Waals surface area contributed by atoms with Gasteiger partial charge in [0.15, 0.2) is 0 Å². The molecule has 0 heterocycles. The Morgan fingerprint density at radius 2 is 2.22 bits per heavy atom. The largest absolute Gasteiger partial charge is 0.409 e. The van der Waals surface area contributed by atoms with Crippen molar-refractivity contribution in [2.45, 2.75) is 19.8 Å². The summed E-state index contributed by atoms with van der Waals surface area (Å²) in [6.07, 6.45) is 0.939. The quantitative estimate of drug-likeness (QED) is 0.243. The Morgan fingerprint density at radius 3 is 2.83 bits per heavy atom.